The molecule has 2 aromatic carbocycles. The zero-order chi connectivity index (χ0) is 19.7. The lowest BCUT2D eigenvalue weighted by molar-refractivity contribution is -0.122. The van der Waals surface area contributed by atoms with Crippen LogP contribution in [-0.4, -0.2) is 15.7 Å². The van der Waals surface area contributed by atoms with Crippen LogP contribution in [0.2, 0.25) is 5.02 Å². The Morgan fingerprint density at radius 2 is 1.86 bits per heavy atom. The van der Waals surface area contributed by atoms with Crippen LogP contribution >= 0.6 is 11.6 Å². The molecule has 1 amide bonds. The lowest BCUT2D eigenvalue weighted by Crippen LogP contribution is -2.25. The van der Waals surface area contributed by atoms with Crippen LogP contribution in [0, 0.1) is 19.8 Å². The summed E-state index contributed by atoms with van der Waals surface area (Å²) in [5.74, 6) is 0.344. The van der Waals surface area contributed by atoms with Crippen molar-refractivity contribution < 1.29 is 4.79 Å². The molecule has 0 radical (unpaired) electrons. The van der Waals surface area contributed by atoms with Gasteiger partial charge in [0.2, 0.25) is 5.91 Å². The first-order chi connectivity index (χ1) is 13.5. The number of amides is 1. The topological polar surface area (TPSA) is 46.9 Å². The second kappa shape index (κ2) is 7.80. The molecule has 1 heterocycles. The zero-order valence-electron chi connectivity index (χ0n) is 16.2. The monoisotopic (exact) mass is 393 g/mol. The van der Waals surface area contributed by atoms with Crippen molar-refractivity contribution in [3.05, 3.63) is 87.7 Å². The van der Waals surface area contributed by atoms with E-state index in [-0.39, 0.29) is 17.7 Å². The van der Waals surface area contributed by atoms with Crippen LogP contribution in [0.5, 0.6) is 0 Å². The summed E-state index contributed by atoms with van der Waals surface area (Å²) in [7, 11) is 0. The summed E-state index contributed by atoms with van der Waals surface area (Å²) in [4.78, 5) is 12.6. The van der Waals surface area contributed by atoms with E-state index in [0.717, 1.165) is 40.5 Å². The maximum absolute atomic E-state index is 12.6. The molecule has 1 aliphatic carbocycles. The van der Waals surface area contributed by atoms with Gasteiger partial charge >= 0.3 is 0 Å². The van der Waals surface area contributed by atoms with Gasteiger partial charge in [-0.3, -0.25) is 9.48 Å². The standard InChI is InChI=1S/C23H24ClN3O/c1-15-21(16(2)27(26-15)14-17-8-4-3-5-9-17)13-25-23(28)20-12-19(20)18-10-6-7-11-22(18)24/h3-11,19-20H,12-14H2,1-2H3,(H,25,28)/t19-,20-/m1/s1. The highest BCUT2D eigenvalue weighted by molar-refractivity contribution is 6.31. The number of aryl methyl sites for hydroxylation is 1. The number of benzene rings is 2. The highest BCUT2D eigenvalue weighted by Gasteiger charge is 2.44. The first-order valence-corrected chi connectivity index (χ1v) is 10.0. The summed E-state index contributed by atoms with van der Waals surface area (Å²) in [5, 5.41) is 8.52. The molecule has 4 rings (SSSR count). The number of nitrogens with one attached hydrogen (secondary N) is 1. The van der Waals surface area contributed by atoms with Crippen molar-refractivity contribution in [3.63, 3.8) is 0 Å². The fraction of sp³-hybridized carbons (Fsp3) is 0.304. The number of rotatable bonds is 6. The minimum Gasteiger partial charge on any atom is -0.352 e. The lowest BCUT2D eigenvalue weighted by atomic mass is 10.1. The van der Waals surface area contributed by atoms with E-state index >= 15 is 0 Å². The molecule has 1 fully saturated rings. The van der Waals surface area contributed by atoms with Gasteiger partial charge in [-0.05, 0) is 43.4 Å². The van der Waals surface area contributed by atoms with E-state index in [1.54, 1.807) is 0 Å². The van der Waals surface area contributed by atoms with Gasteiger partial charge in [0.1, 0.15) is 0 Å². The Kier molecular flexibility index (Phi) is 5.23. The average Bonchev–Trinajstić information content (AvgIpc) is 3.44. The van der Waals surface area contributed by atoms with Crippen LogP contribution in [0.1, 0.15) is 40.4 Å². The van der Waals surface area contributed by atoms with Gasteiger partial charge in [-0.2, -0.15) is 5.10 Å². The highest BCUT2D eigenvalue weighted by atomic mass is 35.5. The van der Waals surface area contributed by atoms with Crippen molar-refractivity contribution in [1.29, 1.82) is 0 Å². The van der Waals surface area contributed by atoms with E-state index < -0.39 is 0 Å². The third-order valence-corrected chi connectivity index (χ3v) is 5.92. The summed E-state index contributed by atoms with van der Waals surface area (Å²) in [6, 6.07) is 18.1. The molecule has 0 spiro atoms. The van der Waals surface area contributed by atoms with Gasteiger partial charge in [-0.15, -0.1) is 0 Å². The van der Waals surface area contributed by atoms with Crippen molar-refractivity contribution in [2.45, 2.75) is 39.3 Å². The Labute approximate surface area is 170 Å². The summed E-state index contributed by atoms with van der Waals surface area (Å²) >= 11 is 6.27. The molecule has 1 N–H and O–H groups in total. The SMILES string of the molecule is Cc1nn(Cc2ccccc2)c(C)c1CNC(=O)[C@@H]1C[C@@H]1c1ccccc1Cl. The van der Waals surface area contributed by atoms with Crippen LogP contribution in [0.3, 0.4) is 0 Å². The summed E-state index contributed by atoms with van der Waals surface area (Å²) in [5.41, 5.74) is 5.45. The van der Waals surface area contributed by atoms with Gasteiger partial charge in [0.25, 0.3) is 0 Å². The van der Waals surface area contributed by atoms with Crippen LogP contribution in [-0.2, 0) is 17.9 Å². The molecule has 144 valence electrons. The second-order valence-electron chi connectivity index (χ2n) is 7.48. The molecule has 0 saturated heterocycles. The van der Waals surface area contributed by atoms with Gasteiger partial charge in [0, 0.05) is 28.7 Å². The fourth-order valence-electron chi connectivity index (χ4n) is 3.81. The van der Waals surface area contributed by atoms with Crippen LogP contribution < -0.4 is 5.32 Å². The molecule has 5 heteroatoms. The second-order valence-corrected chi connectivity index (χ2v) is 7.89. The number of carbonyl (C=O) groups is 1. The van der Waals surface area contributed by atoms with Gasteiger partial charge < -0.3 is 5.32 Å². The van der Waals surface area contributed by atoms with Crippen LogP contribution in [0.25, 0.3) is 0 Å². The van der Waals surface area contributed by atoms with E-state index in [1.165, 1.54) is 5.56 Å². The van der Waals surface area contributed by atoms with Gasteiger partial charge in [-0.25, -0.2) is 0 Å². The number of hydrogen-bond acceptors (Lipinski definition) is 2. The summed E-state index contributed by atoms with van der Waals surface area (Å²) in [6.45, 7) is 5.31. The minimum absolute atomic E-state index is 0.0138. The minimum atomic E-state index is 0.0138. The van der Waals surface area contributed by atoms with E-state index in [0.29, 0.717) is 6.54 Å². The Hall–Kier alpha value is -2.59. The predicted octanol–water partition coefficient (Wildman–Crippen LogP) is 4.62. The fourth-order valence-corrected chi connectivity index (χ4v) is 4.09. The van der Waals surface area contributed by atoms with Crippen molar-refractivity contribution in [3.8, 4) is 0 Å². The first-order valence-electron chi connectivity index (χ1n) is 9.63. The van der Waals surface area contributed by atoms with Crippen molar-refractivity contribution in [1.82, 2.24) is 15.1 Å². The number of aromatic nitrogens is 2. The van der Waals surface area contributed by atoms with Crippen LogP contribution in [0.4, 0.5) is 0 Å². The number of carbonyl (C=O) groups excluding carboxylic acids is 1. The Bertz CT molecular complexity index is 996. The van der Waals surface area contributed by atoms with Gasteiger partial charge in [-0.1, -0.05) is 60.1 Å². The lowest BCUT2D eigenvalue weighted by Gasteiger charge is -2.08. The number of nitrogens with zero attached hydrogens (tertiary/aromatic N) is 2. The highest BCUT2D eigenvalue weighted by Crippen LogP contribution is 2.49. The summed E-state index contributed by atoms with van der Waals surface area (Å²) in [6.07, 6.45) is 0.862. The molecule has 3 aromatic rings. The molecule has 0 unspecified atom stereocenters. The molecule has 2 atom stereocenters. The van der Waals surface area contributed by atoms with Crippen LogP contribution in [0.15, 0.2) is 54.6 Å². The third-order valence-electron chi connectivity index (χ3n) is 5.58. The quantitative estimate of drug-likeness (QED) is 0.664. The molecule has 0 aliphatic heterocycles. The van der Waals surface area contributed by atoms with E-state index in [9.17, 15) is 4.79 Å². The first kappa shape index (κ1) is 18.8. The summed E-state index contributed by atoms with van der Waals surface area (Å²) < 4.78 is 2.01. The number of halogens is 1. The predicted molar refractivity (Wildman–Crippen MR) is 111 cm³/mol. The normalized spacial score (nSPS) is 18.1. The van der Waals surface area contributed by atoms with E-state index in [2.05, 4.69) is 29.5 Å². The molecular weight excluding hydrogens is 370 g/mol. The van der Waals surface area contributed by atoms with Gasteiger partial charge in [0.15, 0.2) is 0 Å². The maximum atomic E-state index is 12.6. The largest absolute Gasteiger partial charge is 0.352 e. The third kappa shape index (κ3) is 3.83. The molecular formula is C23H24ClN3O. The molecule has 4 nitrogen and oxygen atoms in total. The van der Waals surface area contributed by atoms with E-state index in [1.807, 2.05) is 54.1 Å². The Morgan fingerprint density at radius 1 is 1.14 bits per heavy atom. The molecule has 1 aliphatic rings. The molecule has 0 bridgehead atoms. The van der Waals surface area contributed by atoms with Crippen molar-refractivity contribution in [2.24, 2.45) is 5.92 Å². The van der Waals surface area contributed by atoms with Gasteiger partial charge in [0.05, 0.1) is 12.2 Å². The van der Waals surface area contributed by atoms with Crippen molar-refractivity contribution in [2.75, 3.05) is 0 Å². The molecule has 1 aromatic heterocycles. The average molecular weight is 394 g/mol. The maximum Gasteiger partial charge on any atom is 0.224 e. The molecule has 1 saturated carbocycles. The van der Waals surface area contributed by atoms with E-state index in [4.69, 9.17) is 11.6 Å². The zero-order valence-corrected chi connectivity index (χ0v) is 16.9. The molecule has 28 heavy (non-hydrogen) atoms. The Balaban J connectivity index is 1.39. The smallest absolute Gasteiger partial charge is 0.224 e. The van der Waals surface area contributed by atoms with Crippen molar-refractivity contribution >= 4 is 17.5 Å². The number of hydrogen-bond donors (Lipinski definition) is 1. The Morgan fingerprint density at radius 3 is 2.61 bits per heavy atom.